The van der Waals surface area contributed by atoms with E-state index >= 15 is 0 Å². The second-order valence-corrected chi connectivity index (χ2v) is 8.59. The van der Waals surface area contributed by atoms with Gasteiger partial charge in [0.2, 0.25) is 6.20 Å². The van der Waals surface area contributed by atoms with Crippen molar-refractivity contribution >= 4 is 45.3 Å². The molecule has 0 amide bonds. The van der Waals surface area contributed by atoms with Crippen LogP contribution < -0.4 is 0 Å². The second kappa shape index (κ2) is 8.96. The van der Waals surface area contributed by atoms with Crippen molar-refractivity contribution in [2.45, 2.75) is 9.79 Å². The van der Waals surface area contributed by atoms with Gasteiger partial charge in [0.1, 0.15) is 11.5 Å². The summed E-state index contributed by atoms with van der Waals surface area (Å²) in [5, 5.41) is 2.37. The van der Waals surface area contributed by atoms with Crippen LogP contribution in [0, 0.1) is 12.1 Å². The Hall–Kier alpha value is -3.23. The number of hydrogen-bond acceptors (Lipinski definition) is 2. The average Bonchev–Trinajstić information content (AvgIpc) is 3.41. The molecular formula is C27H18N4PtS+2. The third-order valence-corrected chi connectivity index (χ3v) is 6.29. The number of hydrogen-bond donors (Lipinski definition) is 0. The van der Waals surface area contributed by atoms with Crippen LogP contribution in [-0.4, -0.2) is 31.8 Å². The van der Waals surface area contributed by atoms with E-state index in [4.69, 9.17) is 0 Å². The molecule has 1 aliphatic heterocycles. The van der Waals surface area contributed by atoms with Gasteiger partial charge in [-0.25, -0.2) is 4.98 Å². The SMILES string of the molecule is C[N+]1=C=[N+](c2[c-]c(Sc3[c-]c4c(cc3)c3ccccc3n4-c3ccccn3)ccc2)C=C1.[Pt+2]. The van der Waals surface area contributed by atoms with E-state index in [-0.39, 0.29) is 21.1 Å². The Bertz CT molecular complexity index is 1600. The number of nitrogens with zero attached hydrogens (tertiary/aromatic N) is 4. The summed E-state index contributed by atoms with van der Waals surface area (Å²) in [6.07, 6.45) is 5.77. The number of benzene rings is 3. The van der Waals surface area contributed by atoms with Crippen molar-refractivity contribution in [3.8, 4) is 5.82 Å². The van der Waals surface area contributed by atoms with Crippen LogP contribution in [0.25, 0.3) is 27.6 Å². The van der Waals surface area contributed by atoms with Gasteiger partial charge in [0.05, 0.1) is 0 Å². The predicted octanol–water partition coefficient (Wildman–Crippen LogP) is 5.87. The van der Waals surface area contributed by atoms with Gasteiger partial charge in [-0.3, -0.25) is 0 Å². The minimum atomic E-state index is 0. The molecule has 1 aliphatic rings. The van der Waals surface area contributed by atoms with Crippen molar-refractivity contribution in [3.63, 3.8) is 0 Å². The predicted molar refractivity (Wildman–Crippen MR) is 127 cm³/mol. The number of pyridine rings is 1. The van der Waals surface area contributed by atoms with E-state index in [1.165, 1.54) is 10.8 Å². The Morgan fingerprint density at radius 3 is 2.52 bits per heavy atom. The Kier molecular flexibility index (Phi) is 5.86. The van der Waals surface area contributed by atoms with E-state index in [2.05, 4.69) is 70.2 Å². The van der Waals surface area contributed by atoms with Crippen molar-refractivity contribution in [3.05, 3.63) is 104 Å². The maximum atomic E-state index is 4.60. The maximum Gasteiger partial charge on any atom is 2.00 e. The molecule has 0 unspecified atom stereocenters. The van der Waals surface area contributed by atoms with Crippen LogP contribution in [0.1, 0.15) is 0 Å². The van der Waals surface area contributed by atoms with Gasteiger partial charge in [0.25, 0.3) is 6.20 Å². The molecular weight excluding hydrogens is 607 g/mol. The van der Waals surface area contributed by atoms with E-state index in [1.54, 1.807) is 11.8 Å². The average molecular weight is 626 g/mol. The molecule has 0 bridgehead atoms. The quantitative estimate of drug-likeness (QED) is 0.184. The summed E-state index contributed by atoms with van der Waals surface area (Å²) < 4.78 is 6.02. The zero-order chi connectivity index (χ0) is 21.5. The summed E-state index contributed by atoms with van der Waals surface area (Å²) in [5.74, 6) is 0.890. The Morgan fingerprint density at radius 1 is 0.848 bits per heavy atom. The second-order valence-electron chi connectivity index (χ2n) is 7.51. The summed E-state index contributed by atoms with van der Waals surface area (Å²) in [6, 6.07) is 35.2. The van der Waals surface area contributed by atoms with E-state index in [0.29, 0.717) is 0 Å². The van der Waals surface area contributed by atoms with Gasteiger partial charge in [0, 0.05) is 11.7 Å². The topological polar surface area (TPSA) is 23.8 Å². The molecule has 0 fully saturated rings. The van der Waals surface area contributed by atoms with Gasteiger partial charge < -0.3 is 4.57 Å². The fourth-order valence-corrected chi connectivity index (χ4v) is 4.77. The molecule has 33 heavy (non-hydrogen) atoms. The molecule has 4 nitrogen and oxygen atoms in total. The van der Waals surface area contributed by atoms with E-state index in [0.717, 1.165) is 32.3 Å². The van der Waals surface area contributed by atoms with Crippen molar-refractivity contribution in [1.29, 1.82) is 0 Å². The largest absolute Gasteiger partial charge is 2.00 e. The molecule has 0 aliphatic carbocycles. The molecule has 3 aromatic carbocycles. The third-order valence-electron chi connectivity index (χ3n) is 5.37. The fraction of sp³-hybridized carbons (Fsp3) is 0.0370. The minimum absolute atomic E-state index is 0. The number of rotatable bonds is 4. The Balaban J connectivity index is 0.00000228. The van der Waals surface area contributed by atoms with E-state index in [9.17, 15) is 0 Å². The molecule has 0 saturated heterocycles. The first-order chi connectivity index (χ1) is 15.8. The maximum absolute atomic E-state index is 4.60. The summed E-state index contributed by atoms with van der Waals surface area (Å²) in [5.41, 5.74) is 3.11. The van der Waals surface area contributed by atoms with Crippen LogP contribution in [0.3, 0.4) is 0 Å². The minimum Gasteiger partial charge on any atom is -0.319 e. The first-order valence-electron chi connectivity index (χ1n) is 10.3. The van der Waals surface area contributed by atoms with Crippen molar-refractivity contribution < 1.29 is 30.2 Å². The summed E-state index contributed by atoms with van der Waals surface area (Å²) in [6.45, 7) is 0. The first-order valence-corrected chi connectivity index (χ1v) is 11.1. The van der Waals surface area contributed by atoms with Gasteiger partial charge >= 0.3 is 27.1 Å². The Labute approximate surface area is 210 Å². The van der Waals surface area contributed by atoms with Crippen molar-refractivity contribution in [2.24, 2.45) is 0 Å². The standard InChI is InChI=1S/C27H18N4S.Pt/c1-29-15-16-30(19-29)20-7-6-8-21(17-20)32-22-12-13-24-23-9-2-3-10-25(23)31(26(24)18-22)27-11-4-5-14-28-27;/h2-16H,1H3;/q;+2. The molecule has 6 heteroatoms. The number of fused-ring (bicyclic) bond motifs is 3. The summed E-state index contributed by atoms with van der Waals surface area (Å²) >= 11 is 1.65. The molecule has 2 aromatic heterocycles. The van der Waals surface area contributed by atoms with Gasteiger partial charge in [-0.15, -0.1) is 28.1 Å². The summed E-state index contributed by atoms with van der Waals surface area (Å²) in [7, 11) is 1.96. The van der Waals surface area contributed by atoms with E-state index < -0.39 is 0 Å². The first kappa shape index (κ1) is 21.6. The molecule has 6 rings (SSSR count). The zero-order valence-corrected chi connectivity index (χ0v) is 20.8. The van der Waals surface area contributed by atoms with E-state index in [1.807, 2.05) is 65.1 Å². The molecule has 0 saturated carbocycles. The molecule has 5 aromatic rings. The molecule has 0 spiro atoms. The molecule has 0 radical (unpaired) electrons. The van der Waals surface area contributed by atoms with Crippen molar-refractivity contribution in [2.75, 3.05) is 7.05 Å². The van der Waals surface area contributed by atoms with Gasteiger partial charge in [-0.05, 0) is 23.6 Å². The van der Waals surface area contributed by atoms with Gasteiger partial charge in [-0.1, -0.05) is 56.0 Å². The van der Waals surface area contributed by atoms with Gasteiger partial charge in [-0.2, -0.15) is 24.3 Å². The van der Waals surface area contributed by atoms with Crippen molar-refractivity contribution in [1.82, 2.24) is 9.55 Å². The summed E-state index contributed by atoms with van der Waals surface area (Å²) in [4.78, 5) is 6.67. The normalized spacial score (nSPS) is 12.6. The number of para-hydroxylation sites is 1. The molecule has 0 atom stereocenters. The molecule has 0 N–H and O–H groups in total. The van der Waals surface area contributed by atoms with Crippen LogP contribution in [0.15, 0.2) is 101 Å². The third kappa shape index (κ3) is 4.00. The zero-order valence-electron chi connectivity index (χ0n) is 17.7. The van der Waals surface area contributed by atoms with Crippen LogP contribution in [0.2, 0.25) is 0 Å². The molecule has 160 valence electrons. The monoisotopic (exact) mass is 625 g/mol. The van der Waals surface area contributed by atoms with Gasteiger partial charge in [0.15, 0.2) is 7.05 Å². The van der Waals surface area contributed by atoms with Crippen LogP contribution in [-0.2, 0) is 21.1 Å². The fourth-order valence-electron chi connectivity index (χ4n) is 3.95. The number of aromatic nitrogens is 2. The molecule has 3 heterocycles. The van der Waals surface area contributed by atoms with Crippen LogP contribution >= 0.6 is 11.8 Å². The smallest absolute Gasteiger partial charge is 0.319 e. The van der Waals surface area contributed by atoms with Crippen LogP contribution in [0.4, 0.5) is 5.69 Å². The Morgan fingerprint density at radius 2 is 1.70 bits per heavy atom. The van der Waals surface area contributed by atoms with Crippen LogP contribution in [0.5, 0.6) is 0 Å².